The van der Waals surface area contributed by atoms with Crippen LogP contribution in [0.1, 0.15) is 0 Å². The molecule has 0 aliphatic heterocycles. The van der Waals surface area contributed by atoms with Crippen molar-refractivity contribution in [2.45, 2.75) is 10.4 Å². The number of ether oxygens (including phenoxy) is 2. The van der Waals surface area contributed by atoms with Gasteiger partial charge in [-0.15, -0.1) is 0 Å². The zero-order chi connectivity index (χ0) is 10.9. The fraction of sp³-hybridized carbons (Fsp3) is 0.750. The van der Waals surface area contributed by atoms with E-state index >= 15 is 0 Å². The number of hydrogen-bond acceptors (Lipinski definition) is 7. The van der Waals surface area contributed by atoms with Gasteiger partial charge in [0.1, 0.15) is 6.33 Å². The number of rotatable bonds is 8. The Morgan fingerprint density at radius 2 is 2.47 bits per heavy atom. The summed E-state index contributed by atoms with van der Waals surface area (Å²) in [5.41, 5.74) is 0. The van der Waals surface area contributed by atoms with E-state index < -0.39 is 6.10 Å². The van der Waals surface area contributed by atoms with E-state index in [0.29, 0.717) is 25.6 Å². The lowest BCUT2D eigenvalue weighted by Gasteiger charge is -2.09. The molecule has 0 saturated carbocycles. The van der Waals surface area contributed by atoms with Crippen LogP contribution in [0.2, 0.25) is 0 Å². The van der Waals surface area contributed by atoms with Crippen LogP contribution in [0.3, 0.4) is 0 Å². The Hall–Kier alpha value is -0.210. The fourth-order valence-corrected chi connectivity index (χ4v) is 2.18. The van der Waals surface area contributed by atoms with Crippen LogP contribution in [-0.2, 0) is 9.47 Å². The van der Waals surface area contributed by atoms with Gasteiger partial charge < -0.3 is 14.6 Å². The minimum atomic E-state index is -0.476. The molecule has 86 valence electrons. The monoisotopic (exact) mass is 250 g/mol. The molecule has 0 spiro atoms. The van der Waals surface area contributed by atoms with Crippen molar-refractivity contribution < 1.29 is 14.6 Å². The average Bonchev–Trinajstić information content (AvgIpc) is 2.74. The zero-order valence-electron chi connectivity index (χ0n) is 8.46. The molecular weight excluding hydrogens is 236 g/mol. The molecule has 0 aliphatic rings. The van der Waals surface area contributed by atoms with Crippen molar-refractivity contribution in [2.24, 2.45) is 0 Å². The number of methoxy groups -OCH3 is 1. The molecule has 5 nitrogen and oxygen atoms in total. The molecule has 1 heterocycles. The molecule has 0 aromatic carbocycles. The molecule has 1 unspecified atom stereocenters. The number of aliphatic hydroxyl groups is 1. The molecule has 1 atom stereocenters. The number of aromatic nitrogens is 2. The minimum absolute atomic E-state index is 0.329. The minimum Gasteiger partial charge on any atom is -0.390 e. The number of thioether (sulfide) groups is 1. The van der Waals surface area contributed by atoms with Gasteiger partial charge in [-0.25, -0.2) is 4.98 Å². The lowest BCUT2D eigenvalue weighted by atomic mass is 10.4. The third-order valence-corrected chi connectivity index (χ3v) is 3.42. The highest BCUT2D eigenvalue weighted by molar-refractivity contribution is 8.00. The first kappa shape index (κ1) is 12.9. The summed E-state index contributed by atoms with van der Waals surface area (Å²) in [6, 6.07) is 0. The van der Waals surface area contributed by atoms with Crippen molar-refractivity contribution in [2.75, 3.05) is 32.7 Å². The molecule has 0 aliphatic carbocycles. The second kappa shape index (κ2) is 8.00. The smallest absolute Gasteiger partial charge is 0.169 e. The third kappa shape index (κ3) is 6.06. The molecule has 0 radical (unpaired) electrons. The van der Waals surface area contributed by atoms with Crippen LogP contribution in [0, 0.1) is 0 Å². The van der Waals surface area contributed by atoms with Crippen LogP contribution < -0.4 is 0 Å². The maximum absolute atomic E-state index is 9.52. The SMILES string of the molecule is COCCOCC(O)CSc1ncns1. The first-order valence-electron chi connectivity index (χ1n) is 4.47. The van der Waals surface area contributed by atoms with Crippen LogP contribution in [-0.4, -0.2) is 53.3 Å². The van der Waals surface area contributed by atoms with E-state index in [1.165, 1.54) is 29.6 Å². The number of aliphatic hydroxyl groups excluding tert-OH is 1. The standard InChI is InChI=1S/C8H14N2O3S2/c1-12-2-3-13-4-7(11)5-14-8-9-6-10-15-8/h6-7,11H,2-5H2,1H3. The predicted octanol–water partition coefficient (Wildman–Crippen LogP) is 0.654. The Bertz CT molecular complexity index is 246. The van der Waals surface area contributed by atoms with E-state index in [2.05, 4.69) is 9.36 Å². The van der Waals surface area contributed by atoms with Crippen molar-refractivity contribution >= 4 is 23.3 Å². The molecule has 0 saturated heterocycles. The van der Waals surface area contributed by atoms with Gasteiger partial charge in [0.25, 0.3) is 0 Å². The van der Waals surface area contributed by atoms with Gasteiger partial charge in [0.05, 0.1) is 25.9 Å². The van der Waals surface area contributed by atoms with Gasteiger partial charge in [-0.05, 0) is 11.5 Å². The van der Waals surface area contributed by atoms with Gasteiger partial charge in [0, 0.05) is 12.9 Å². The molecule has 1 rings (SSSR count). The Morgan fingerprint density at radius 1 is 1.60 bits per heavy atom. The van der Waals surface area contributed by atoms with Gasteiger partial charge >= 0.3 is 0 Å². The largest absolute Gasteiger partial charge is 0.390 e. The molecule has 0 bridgehead atoms. The van der Waals surface area contributed by atoms with Gasteiger partial charge in [0.15, 0.2) is 4.34 Å². The normalized spacial score (nSPS) is 12.9. The van der Waals surface area contributed by atoms with E-state index in [0.717, 1.165) is 4.34 Å². The number of hydrogen-bond donors (Lipinski definition) is 1. The van der Waals surface area contributed by atoms with Gasteiger partial charge in [-0.1, -0.05) is 11.8 Å². The van der Waals surface area contributed by atoms with Crippen molar-refractivity contribution in [3.63, 3.8) is 0 Å². The van der Waals surface area contributed by atoms with Crippen LogP contribution in [0.5, 0.6) is 0 Å². The summed E-state index contributed by atoms with van der Waals surface area (Å²) < 4.78 is 14.7. The highest BCUT2D eigenvalue weighted by Gasteiger charge is 2.06. The van der Waals surface area contributed by atoms with Crippen LogP contribution >= 0.6 is 23.3 Å². The van der Waals surface area contributed by atoms with Crippen molar-refractivity contribution in [3.8, 4) is 0 Å². The maximum atomic E-state index is 9.52. The molecule has 0 fully saturated rings. The van der Waals surface area contributed by atoms with Crippen LogP contribution in [0.4, 0.5) is 0 Å². The molecule has 7 heteroatoms. The van der Waals surface area contributed by atoms with E-state index in [1.54, 1.807) is 7.11 Å². The Kier molecular flexibility index (Phi) is 6.86. The van der Waals surface area contributed by atoms with Crippen LogP contribution in [0.25, 0.3) is 0 Å². The van der Waals surface area contributed by atoms with E-state index in [9.17, 15) is 5.11 Å². The topological polar surface area (TPSA) is 64.5 Å². The highest BCUT2D eigenvalue weighted by atomic mass is 32.2. The second-order valence-electron chi connectivity index (χ2n) is 2.74. The molecule has 0 amide bonds. The van der Waals surface area contributed by atoms with Gasteiger partial charge in [-0.3, -0.25) is 0 Å². The molecule has 15 heavy (non-hydrogen) atoms. The summed E-state index contributed by atoms with van der Waals surface area (Å²) in [7, 11) is 1.62. The first-order chi connectivity index (χ1) is 7.33. The predicted molar refractivity (Wildman–Crippen MR) is 59.3 cm³/mol. The Morgan fingerprint density at radius 3 is 3.13 bits per heavy atom. The lowest BCUT2D eigenvalue weighted by molar-refractivity contribution is 0.0218. The molecule has 1 aromatic rings. The lowest BCUT2D eigenvalue weighted by Crippen LogP contribution is -2.19. The van der Waals surface area contributed by atoms with Crippen LogP contribution in [0.15, 0.2) is 10.7 Å². The molecule has 1 N–H and O–H groups in total. The van der Waals surface area contributed by atoms with Crippen molar-refractivity contribution in [1.29, 1.82) is 0 Å². The Labute approximate surface area is 97.0 Å². The summed E-state index contributed by atoms with van der Waals surface area (Å²) >= 11 is 2.81. The van der Waals surface area contributed by atoms with Gasteiger partial charge in [0.2, 0.25) is 0 Å². The highest BCUT2D eigenvalue weighted by Crippen LogP contribution is 2.18. The fourth-order valence-electron chi connectivity index (χ4n) is 0.804. The average molecular weight is 250 g/mol. The quantitative estimate of drug-likeness (QED) is 0.540. The second-order valence-corrected chi connectivity index (χ2v) is 4.79. The van der Waals surface area contributed by atoms with Gasteiger partial charge in [-0.2, -0.15) is 4.37 Å². The van der Waals surface area contributed by atoms with Crippen molar-refractivity contribution in [1.82, 2.24) is 9.36 Å². The summed E-state index contributed by atoms with van der Waals surface area (Å²) in [5, 5.41) is 9.52. The van der Waals surface area contributed by atoms with Crippen molar-refractivity contribution in [3.05, 3.63) is 6.33 Å². The van der Waals surface area contributed by atoms with E-state index in [1.807, 2.05) is 0 Å². The molecular formula is C8H14N2O3S2. The summed E-state index contributed by atoms with van der Waals surface area (Å²) in [6.07, 6.45) is 1.03. The number of nitrogens with zero attached hydrogens (tertiary/aromatic N) is 2. The summed E-state index contributed by atoms with van der Waals surface area (Å²) in [4.78, 5) is 4.00. The Balaban J connectivity index is 2.01. The zero-order valence-corrected chi connectivity index (χ0v) is 10.1. The maximum Gasteiger partial charge on any atom is 0.169 e. The van der Waals surface area contributed by atoms with E-state index in [-0.39, 0.29) is 0 Å². The molecule has 1 aromatic heterocycles. The van der Waals surface area contributed by atoms with E-state index in [4.69, 9.17) is 9.47 Å². The third-order valence-electron chi connectivity index (χ3n) is 1.48. The first-order valence-corrected chi connectivity index (χ1v) is 6.23. The summed E-state index contributed by atoms with van der Waals surface area (Å²) in [5.74, 6) is 0.572. The summed E-state index contributed by atoms with van der Waals surface area (Å²) in [6.45, 7) is 1.39.